The van der Waals surface area contributed by atoms with Gasteiger partial charge >= 0.3 is 0 Å². The second kappa shape index (κ2) is 7.89. The molecule has 1 amide bonds. The van der Waals surface area contributed by atoms with Crippen LogP contribution >= 0.6 is 23.2 Å². The Labute approximate surface area is 181 Å². The van der Waals surface area contributed by atoms with Crippen molar-refractivity contribution in [3.05, 3.63) is 99.6 Å². The molecule has 1 unspecified atom stereocenters. The van der Waals surface area contributed by atoms with Gasteiger partial charge in [-0.15, -0.1) is 0 Å². The Morgan fingerprint density at radius 3 is 2.43 bits per heavy atom. The number of carbonyl (C=O) groups excluding carboxylic acids is 2. The molecule has 1 aliphatic rings. The predicted molar refractivity (Wildman–Crippen MR) is 112 cm³/mol. The van der Waals surface area contributed by atoms with E-state index in [0.717, 1.165) is 6.07 Å². The number of hydrogen-bond donors (Lipinski definition) is 1. The summed E-state index contributed by atoms with van der Waals surface area (Å²) in [5.74, 6) is -2.76. The number of Topliss-reactive ketones (excluding diaryl/α,β-unsaturated/α-hetero) is 1. The van der Waals surface area contributed by atoms with E-state index in [-0.39, 0.29) is 22.0 Å². The summed E-state index contributed by atoms with van der Waals surface area (Å²) < 4.78 is 13.7. The molecule has 30 heavy (non-hydrogen) atoms. The van der Waals surface area contributed by atoms with Gasteiger partial charge in [-0.1, -0.05) is 29.3 Å². The quantitative estimate of drug-likeness (QED) is 0.345. The van der Waals surface area contributed by atoms with Gasteiger partial charge in [0.15, 0.2) is 0 Å². The first-order valence-electron chi connectivity index (χ1n) is 8.80. The molecule has 150 valence electrons. The summed E-state index contributed by atoms with van der Waals surface area (Å²) in [6.45, 7) is 0. The van der Waals surface area contributed by atoms with Gasteiger partial charge in [-0.3, -0.25) is 19.5 Å². The first-order valence-corrected chi connectivity index (χ1v) is 9.56. The molecule has 3 aromatic rings. The molecule has 1 aromatic heterocycles. The normalized spacial score (nSPS) is 18.1. The lowest BCUT2D eigenvalue weighted by Gasteiger charge is -2.25. The van der Waals surface area contributed by atoms with Crippen LogP contribution in [-0.4, -0.2) is 21.8 Å². The summed E-state index contributed by atoms with van der Waals surface area (Å²) in [6, 6.07) is 12.3. The van der Waals surface area contributed by atoms with Crippen molar-refractivity contribution in [3.63, 3.8) is 0 Å². The van der Waals surface area contributed by atoms with Gasteiger partial charge in [0.05, 0.1) is 16.6 Å². The van der Waals surface area contributed by atoms with E-state index in [0.29, 0.717) is 16.1 Å². The van der Waals surface area contributed by atoms with Crippen LogP contribution in [-0.2, 0) is 9.59 Å². The van der Waals surface area contributed by atoms with E-state index in [1.54, 1.807) is 42.6 Å². The van der Waals surface area contributed by atoms with Gasteiger partial charge in [-0.05, 0) is 54.1 Å². The van der Waals surface area contributed by atoms with Crippen molar-refractivity contribution in [2.45, 2.75) is 6.04 Å². The molecule has 0 aliphatic carbocycles. The van der Waals surface area contributed by atoms with Gasteiger partial charge in [-0.25, -0.2) is 4.39 Å². The zero-order chi connectivity index (χ0) is 21.4. The molecule has 0 saturated carbocycles. The zero-order valence-electron chi connectivity index (χ0n) is 15.2. The molecule has 1 saturated heterocycles. The minimum atomic E-state index is -0.976. The van der Waals surface area contributed by atoms with E-state index in [1.165, 1.54) is 23.2 Å². The second-order valence-electron chi connectivity index (χ2n) is 6.56. The molecule has 1 fully saturated rings. The number of rotatable bonds is 3. The van der Waals surface area contributed by atoms with Crippen LogP contribution in [0.4, 0.5) is 10.1 Å². The minimum Gasteiger partial charge on any atom is -0.507 e. The Balaban J connectivity index is 1.94. The molecule has 2 heterocycles. The van der Waals surface area contributed by atoms with Crippen LogP contribution in [0.5, 0.6) is 0 Å². The minimum absolute atomic E-state index is 0.115. The summed E-state index contributed by atoms with van der Waals surface area (Å²) in [5, 5.41) is 11.2. The first-order chi connectivity index (χ1) is 14.4. The van der Waals surface area contributed by atoms with Crippen molar-refractivity contribution in [1.82, 2.24) is 4.98 Å². The van der Waals surface area contributed by atoms with Crippen LogP contribution in [0.25, 0.3) is 5.76 Å². The second-order valence-corrected chi connectivity index (χ2v) is 7.40. The van der Waals surface area contributed by atoms with Gasteiger partial charge < -0.3 is 5.11 Å². The van der Waals surface area contributed by atoms with Crippen molar-refractivity contribution in [3.8, 4) is 0 Å². The molecule has 8 heteroatoms. The lowest BCUT2D eigenvalue weighted by molar-refractivity contribution is -0.132. The number of amides is 1. The topological polar surface area (TPSA) is 70.5 Å². The summed E-state index contributed by atoms with van der Waals surface area (Å²) in [7, 11) is 0. The van der Waals surface area contributed by atoms with Crippen LogP contribution in [0.1, 0.15) is 17.2 Å². The largest absolute Gasteiger partial charge is 0.507 e. The summed E-state index contributed by atoms with van der Waals surface area (Å²) in [5.41, 5.74) is 0.916. The van der Waals surface area contributed by atoms with Crippen LogP contribution in [0.15, 0.2) is 72.6 Å². The molecule has 1 N–H and O–H groups in total. The number of aliphatic hydroxyl groups excluding tert-OH is 1. The third kappa shape index (κ3) is 3.44. The van der Waals surface area contributed by atoms with E-state index in [9.17, 15) is 19.1 Å². The molecule has 5 nitrogen and oxygen atoms in total. The van der Waals surface area contributed by atoms with E-state index in [4.69, 9.17) is 23.2 Å². The molecule has 0 bridgehead atoms. The van der Waals surface area contributed by atoms with Crippen LogP contribution in [0.2, 0.25) is 10.0 Å². The van der Waals surface area contributed by atoms with E-state index in [1.807, 2.05) is 0 Å². The third-order valence-electron chi connectivity index (χ3n) is 4.74. The Bertz CT molecular complexity index is 1180. The number of ketones is 1. The number of anilines is 1. The predicted octanol–water partition coefficient (Wildman–Crippen LogP) is 5.15. The summed E-state index contributed by atoms with van der Waals surface area (Å²) in [4.78, 5) is 31.1. The fourth-order valence-corrected chi connectivity index (χ4v) is 3.65. The lowest BCUT2D eigenvalue weighted by Crippen LogP contribution is -2.29. The van der Waals surface area contributed by atoms with Crippen molar-refractivity contribution in [2.24, 2.45) is 0 Å². The maximum atomic E-state index is 13.7. The van der Waals surface area contributed by atoms with Crippen molar-refractivity contribution in [2.75, 3.05) is 4.90 Å². The molecule has 0 spiro atoms. The Kier molecular flexibility index (Phi) is 5.28. The number of aliphatic hydroxyl groups is 1. The van der Waals surface area contributed by atoms with Crippen LogP contribution in [0.3, 0.4) is 0 Å². The van der Waals surface area contributed by atoms with Crippen LogP contribution in [0, 0.1) is 5.82 Å². The monoisotopic (exact) mass is 442 g/mol. The molecule has 1 aliphatic heterocycles. The number of carbonyl (C=O) groups is 2. The van der Waals surface area contributed by atoms with Gasteiger partial charge in [0.1, 0.15) is 11.6 Å². The number of benzene rings is 2. The molecular weight excluding hydrogens is 430 g/mol. The highest BCUT2D eigenvalue weighted by Crippen LogP contribution is 2.42. The van der Waals surface area contributed by atoms with Crippen molar-refractivity contribution in [1.29, 1.82) is 0 Å². The average molecular weight is 443 g/mol. The average Bonchev–Trinajstić information content (AvgIpc) is 3.01. The Hall–Kier alpha value is -3.22. The smallest absolute Gasteiger partial charge is 0.300 e. The highest BCUT2D eigenvalue weighted by molar-refractivity contribution is 6.51. The first kappa shape index (κ1) is 20.1. The fourth-order valence-electron chi connectivity index (χ4n) is 3.35. The van der Waals surface area contributed by atoms with Gasteiger partial charge in [0.2, 0.25) is 0 Å². The van der Waals surface area contributed by atoms with E-state index >= 15 is 0 Å². The third-order valence-corrected chi connectivity index (χ3v) is 5.29. The van der Waals surface area contributed by atoms with Crippen molar-refractivity contribution >= 4 is 46.3 Å². The van der Waals surface area contributed by atoms with Gasteiger partial charge in [0.25, 0.3) is 11.7 Å². The molecule has 1 atom stereocenters. The highest BCUT2D eigenvalue weighted by Gasteiger charge is 2.47. The fraction of sp³-hybridized carbons (Fsp3) is 0.0455. The lowest BCUT2D eigenvalue weighted by atomic mass is 9.96. The van der Waals surface area contributed by atoms with E-state index < -0.39 is 23.5 Å². The number of hydrogen-bond acceptors (Lipinski definition) is 4. The summed E-state index contributed by atoms with van der Waals surface area (Å²) >= 11 is 11.8. The van der Waals surface area contributed by atoms with E-state index in [2.05, 4.69) is 4.98 Å². The molecule has 2 aromatic carbocycles. The molecule has 4 rings (SSSR count). The van der Waals surface area contributed by atoms with Gasteiger partial charge in [0, 0.05) is 28.7 Å². The Morgan fingerprint density at radius 1 is 1.07 bits per heavy atom. The highest BCUT2D eigenvalue weighted by atomic mass is 35.5. The standard InChI is InChI=1S/C22H13Cl2FN2O3/c23-14-5-3-12(4-6-14)20(28)18-19(13-2-1-9-26-11-13)27(22(30)21(18)29)15-7-8-17(25)16(24)10-15/h1-11,19,28H/b20-18+. The number of halogens is 3. The number of nitrogens with zero attached hydrogens (tertiary/aromatic N) is 2. The Morgan fingerprint density at radius 2 is 1.80 bits per heavy atom. The molecular formula is C22H13Cl2FN2O3. The van der Waals surface area contributed by atoms with Crippen LogP contribution < -0.4 is 4.90 Å². The van der Waals surface area contributed by atoms with Crippen molar-refractivity contribution < 1.29 is 19.1 Å². The SMILES string of the molecule is O=C1C(=O)N(c2ccc(F)c(Cl)c2)C(c2cccnc2)/C1=C(\O)c1ccc(Cl)cc1. The number of pyridine rings is 1. The maximum absolute atomic E-state index is 13.7. The maximum Gasteiger partial charge on any atom is 0.300 e. The number of aromatic nitrogens is 1. The van der Waals surface area contributed by atoms with Gasteiger partial charge in [-0.2, -0.15) is 0 Å². The zero-order valence-corrected chi connectivity index (χ0v) is 16.7. The molecule has 0 radical (unpaired) electrons. The summed E-state index contributed by atoms with van der Waals surface area (Å²) in [6.07, 6.45) is 3.04.